The molecule has 1 rings (SSSR count). The Bertz CT molecular complexity index is 374. The predicted octanol–water partition coefficient (Wildman–Crippen LogP) is 2.76. The van der Waals surface area contributed by atoms with E-state index in [1.54, 1.807) is 0 Å². The summed E-state index contributed by atoms with van der Waals surface area (Å²) >= 11 is 0. The summed E-state index contributed by atoms with van der Waals surface area (Å²) in [5.41, 5.74) is -0.944. The molecule has 0 heterocycles. The van der Waals surface area contributed by atoms with Gasteiger partial charge >= 0.3 is 17.9 Å². The third-order valence-corrected chi connectivity index (χ3v) is 4.52. The van der Waals surface area contributed by atoms with Crippen LogP contribution in [0.25, 0.3) is 0 Å². The summed E-state index contributed by atoms with van der Waals surface area (Å²) in [5.74, 6) is -3.48. The smallest absolute Gasteiger partial charge is 0.303 e. The molecule has 1 unspecified atom stereocenters. The van der Waals surface area contributed by atoms with E-state index >= 15 is 0 Å². The van der Waals surface area contributed by atoms with Gasteiger partial charge in [-0.05, 0) is 24.2 Å². The number of rotatable bonds is 6. The molecule has 6 nitrogen and oxygen atoms in total. The molecule has 1 fully saturated rings. The molecule has 0 radical (unpaired) electrons. The number of aliphatic carboxylic acids is 3. The SMILES string of the molecule is O=C(O)CC1CCCCCCCC1(CC(=O)O)CC(=O)O. The average molecular weight is 300 g/mol. The standard InChI is InChI=1S/C15H24O6/c16-12(17)8-11-6-4-2-1-3-5-7-15(11,9-13(18)19)10-14(20)21/h11H,1-10H2,(H,16,17)(H,18,19)(H,20,21). The van der Waals surface area contributed by atoms with Crippen LogP contribution in [0.2, 0.25) is 0 Å². The van der Waals surface area contributed by atoms with Gasteiger partial charge in [0, 0.05) is 6.42 Å². The lowest BCUT2D eigenvalue weighted by molar-refractivity contribution is -0.150. The summed E-state index contributed by atoms with van der Waals surface area (Å²) in [6, 6.07) is 0. The highest BCUT2D eigenvalue weighted by Crippen LogP contribution is 2.46. The van der Waals surface area contributed by atoms with Crippen molar-refractivity contribution in [3.63, 3.8) is 0 Å². The molecule has 6 heteroatoms. The molecule has 0 amide bonds. The van der Waals surface area contributed by atoms with Crippen molar-refractivity contribution in [2.45, 2.75) is 64.2 Å². The maximum atomic E-state index is 11.2. The van der Waals surface area contributed by atoms with Gasteiger partial charge in [0.1, 0.15) is 0 Å². The maximum absolute atomic E-state index is 11.2. The summed E-state index contributed by atoms with van der Waals surface area (Å²) in [6.07, 6.45) is 4.95. The summed E-state index contributed by atoms with van der Waals surface area (Å²) in [5, 5.41) is 27.5. The zero-order chi connectivity index (χ0) is 15.9. The first-order chi connectivity index (χ1) is 9.85. The van der Waals surface area contributed by atoms with E-state index in [0.29, 0.717) is 12.8 Å². The Morgan fingerprint density at radius 3 is 1.86 bits per heavy atom. The van der Waals surface area contributed by atoms with Crippen LogP contribution in [0.4, 0.5) is 0 Å². The predicted molar refractivity (Wildman–Crippen MR) is 75.0 cm³/mol. The van der Waals surface area contributed by atoms with Crippen molar-refractivity contribution in [3.8, 4) is 0 Å². The second kappa shape index (κ2) is 8.00. The van der Waals surface area contributed by atoms with Crippen molar-refractivity contribution in [2.75, 3.05) is 0 Å². The molecular formula is C15H24O6. The van der Waals surface area contributed by atoms with Gasteiger partial charge in [0.25, 0.3) is 0 Å². The van der Waals surface area contributed by atoms with Crippen molar-refractivity contribution >= 4 is 17.9 Å². The molecule has 1 saturated carbocycles. The number of carboxylic acids is 3. The number of hydrogen-bond acceptors (Lipinski definition) is 3. The molecule has 21 heavy (non-hydrogen) atoms. The van der Waals surface area contributed by atoms with Gasteiger partial charge in [0.2, 0.25) is 0 Å². The molecular weight excluding hydrogens is 276 g/mol. The minimum absolute atomic E-state index is 0.152. The Morgan fingerprint density at radius 2 is 1.33 bits per heavy atom. The van der Waals surface area contributed by atoms with E-state index in [2.05, 4.69) is 0 Å². The second-order valence-corrected chi connectivity index (χ2v) is 6.10. The van der Waals surface area contributed by atoms with E-state index in [1.165, 1.54) is 0 Å². The molecule has 120 valence electrons. The molecule has 0 spiro atoms. The topological polar surface area (TPSA) is 112 Å². The third-order valence-electron chi connectivity index (χ3n) is 4.52. The number of carboxylic acid groups (broad SMARTS) is 3. The first kappa shape index (κ1) is 17.5. The first-order valence-electron chi connectivity index (χ1n) is 7.51. The molecule has 0 aliphatic heterocycles. The molecule has 1 atom stereocenters. The monoisotopic (exact) mass is 300 g/mol. The molecule has 1 aliphatic rings. The lowest BCUT2D eigenvalue weighted by Gasteiger charge is -2.38. The van der Waals surface area contributed by atoms with Crippen LogP contribution in [0.3, 0.4) is 0 Å². The minimum Gasteiger partial charge on any atom is -0.481 e. The Balaban J connectivity index is 3.10. The molecule has 0 aromatic heterocycles. The Morgan fingerprint density at radius 1 is 0.810 bits per heavy atom. The number of carbonyl (C=O) groups is 3. The van der Waals surface area contributed by atoms with Gasteiger partial charge in [-0.15, -0.1) is 0 Å². The van der Waals surface area contributed by atoms with E-state index in [1.807, 2.05) is 0 Å². The van der Waals surface area contributed by atoms with Crippen LogP contribution in [0.5, 0.6) is 0 Å². The van der Waals surface area contributed by atoms with Gasteiger partial charge in [0.15, 0.2) is 0 Å². The summed E-state index contributed by atoms with van der Waals surface area (Å²) in [6.45, 7) is 0. The van der Waals surface area contributed by atoms with Crippen molar-refractivity contribution < 1.29 is 29.7 Å². The normalized spacial score (nSPS) is 22.6. The summed E-state index contributed by atoms with van der Waals surface area (Å²) in [4.78, 5) is 33.6. The lowest BCUT2D eigenvalue weighted by atomic mass is 9.65. The minimum atomic E-state index is -1.05. The average Bonchev–Trinajstić information content (AvgIpc) is 2.40. The second-order valence-electron chi connectivity index (χ2n) is 6.10. The molecule has 0 aromatic carbocycles. The highest BCUT2D eigenvalue weighted by molar-refractivity contribution is 5.73. The Hall–Kier alpha value is -1.59. The van der Waals surface area contributed by atoms with Crippen molar-refractivity contribution in [1.29, 1.82) is 0 Å². The van der Waals surface area contributed by atoms with Gasteiger partial charge in [-0.25, -0.2) is 0 Å². The Labute approximate surface area is 124 Å². The summed E-state index contributed by atoms with van der Waals surface area (Å²) in [7, 11) is 0. The van der Waals surface area contributed by atoms with E-state index in [4.69, 9.17) is 5.11 Å². The van der Waals surface area contributed by atoms with Crippen molar-refractivity contribution in [3.05, 3.63) is 0 Å². The number of hydrogen-bond donors (Lipinski definition) is 3. The van der Waals surface area contributed by atoms with E-state index in [0.717, 1.165) is 32.1 Å². The highest BCUT2D eigenvalue weighted by Gasteiger charge is 2.42. The molecule has 0 aromatic rings. The quantitative estimate of drug-likeness (QED) is 0.695. The fourth-order valence-corrected chi connectivity index (χ4v) is 3.57. The zero-order valence-electron chi connectivity index (χ0n) is 12.2. The van der Waals surface area contributed by atoms with Crippen LogP contribution >= 0.6 is 0 Å². The molecule has 1 aliphatic carbocycles. The zero-order valence-corrected chi connectivity index (χ0v) is 12.2. The van der Waals surface area contributed by atoms with Crippen LogP contribution in [-0.2, 0) is 14.4 Å². The fourth-order valence-electron chi connectivity index (χ4n) is 3.57. The largest absolute Gasteiger partial charge is 0.481 e. The van der Waals surface area contributed by atoms with Crippen molar-refractivity contribution in [1.82, 2.24) is 0 Å². The van der Waals surface area contributed by atoms with Gasteiger partial charge in [-0.2, -0.15) is 0 Å². The third kappa shape index (κ3) is 5.73. The van der Waals surface area contributed by atoms with Crippen molar-refractivity contribution in [2.24, 2.45) is 11.3 Å². The fraction of sp³-hybridized carbons (Fsp3) is 0.800. The Kier molecular flexibility index (Phi) is 6.65. The van der Waals surface area contributed by atoms with Crippen LogP contribution in [0, 0.1) is 11.3 Å². The van der Waals surface area contributed by atoms with Gasteiger partial charge in [0.05, 0.1) is 12.8 Å². The molecule has 3 N–H and O–H groups in total. The van der Waals surface area contributed by atoms with Gasteiger partial charge in [-0.1, -0.05) is 32.1 Å². The van der Waals surface area contributed by atoms with E-state index in [-0.39, 0.29) is 25.2 Å². The van der Waals surface area contributed by atoms with Crippen LogP contribution in [0.15, 0.2) is 0 Å². The molecule has 0 bridgehead atoms. The highest BCUT2D eigenvalue weighted by atomic mass is 16.4. The van der Waals surface area contributed by atoms with E-state index in [9.17, 15) is 24.6 Å². The van der Waals surface area contributed by atoms with Crippen LogP contribution in [0.1, 0.15) is 64.2 Å². The first-order valence-corrected chi connectivity index (χ1v) is 7.51. The van der Waals surface area contributed by atoms with Crippen LogP contribution < -0.4 is 0 Å². The van der Waals surface area contributed by atoms with Gasteiger partial charge in [-0.3, -0.25) is 14.4 Å². The van der Waals surface area contributed by atoms with E-state index < -0.39 is 23.3 Å². The maximum Gasteiger partial charge on any atom is 0.303 e. The van der Waals surface area contributed by atoms with Gasteiger partial charge < -0.3 is 15.3 Å². The molecule has 0 saturated heterocycles. The van der Waals surface area contributed by atoms with Crippen LogP contribution in [-0.4, -0.2) is 33.2 Å². The summed E-state index contributed by atoms with van der Waals surface area (Å²) < 4.78 is 0. The lowest BCUT2D eigenvalue weighted by Crippen LogP contribution is -2.37.